The second-order valence-electron chi connectivity index (χ2n) is 4.00. The molecule has 0 spiro atoms. The monoisotopic (exact) mass is 240 g/mol. The van der Waals surface area contributed by atoms with Crippen LogP contribution in [0.2, 0.25) is 0 Å². The van der Waals surface area contributed by atoms with Crippen LogP contribution in [0.15, 0.2) is 6.07 Å². The molecule has 1 amide bonds. The summed E-state index contributed by atoms with van der Waals surface area (Å²) < 4.78 is 6.72. The Morgan fingerprint density at radius 3 is 2.94 bits per heavy atom. The standard InChI is InChI=1S/C11H20N4O2/c1-8(4-5-12)11(16)13-7-9-6-10(17-3)15(2)14-9/h6,8H,4-5,7,12H2,1-3H3,(H,13,16). The Balaban J connectivity index is 2.47. The molecule has 1 aromatic rings. The minimum atomic E-state index is -0.0643. The number of methoxy groups -OCH3 is 1. The number of amides is 1. The molecule has 1 rings (SSSR count). The first-order chi connectivity index (χ1) is 8.08. The maximum atomic E-state index is 11.6. The number of aryl methyl sites for hydroxylation is 1. The van der Waals surface area contributed by atoms with Gasteiger partial charge < -0.3 is 15.8 Å². The summed E-state index contributed by atoms with van der Waals surface area (Å²) >= 11 is 0. The van der Waals surface area contributed by atoms with Gasteiger partial charge in [0.05, 0.1) is 19.3 Å². The lowest BCUT2D eigenvalue weighted by Gasteiger charge is -2.09. The highest BCUT2D eigenvalue weighted by Crippen LogP contribution is 2.10. The molecule has 1 unspecified atom stereocenters. The molecular formula is C11H20N4O2. The summed E-state index contributed by atoms with van der Waals surface area (Å²) in [6, 6.07) is 1.80. The second kappa shape index (κ2) is 6.24. The third kappa shape index (κ3) is 3.74. The molecule has 96 valence electrons. The van der Waals surface area contributed by atoms with Crippen molar-refractivity contribution < 1.29 is 9.53 Å². The van der Waals surface area contributed by atoms with Gasteiger partial charge in [-0.3, -0.25) is 4.79 Å². The van der Waals surface area contributed by atoms with E-state index in [0.717, 1.165) is 5.69 Å². The SMILES string of the molecule is COc1cc(CNC(=O)C(C)CCN)nn1C. The first kappa shape index (κ1) is 13.5. The highest BCUT2D eigenvalue weighted by atomic mass is 16.5. The summed E-state index contributed by atoms with van der Waals surface area (Å²) in [7, 11) is 3.38. The van der Waals surface area contributed by atoms with Gasteiger partial charge in [0.1, 0.15) is 0 Å². The Labute approximate surface area is 101 Å². The predicted octanol–water partition coefficient (Wildman–Crippen LogP) is 0.0298. The molecule has 0 aliphatic carbocycles. The molecule has 0 aliphatic rings. The van der Waals surface area contributed by atoms with Gasteiger partial charge in [-0.2, -0.15) is 5.10 Å². The van der Waals surface area contributed by atoms with Crippen molar-refractivity contribution in [2.75, 3.05) is 13.7 Å². The van der Waals surface area contributed by atoms with Crippen LogP contribution in [0.4, 0.5) is 0 Å². The van der Waals surface area contributed by atoms with Crippen LogP contribution in [0.3, 0.4) is 0 Å². The van der Waals surface area contributed by atoms with Gasteiger partial charge in [-0.1, -0.05) is 6.92 Å². The summed E-state index contributed by atoms with van der Waals surface area (Å²) in [4.78, 5) is 11.6. The van der Waals surface area contributed by atoms with Crippen LogP contribution in [-0.4, -0.2) is 29.3 Å². The fourth-order valence-electron chi connectivity index (χ4n) is 1.52. The molecule has 0 bridgehead atoms. The molecule has 1 heterocycles. The number of rotatable bonds is 6. The molecule has 0 aliphatic heterocycles. The minimum Gasteiger partial charge on any atom is -0.481 e. The average Bonchev–Trinajstić information content (AvgIpc) is 2.67. The third-order valence-electron chi connectivity index (χ3n) is 2.59. The van der Waals surface area contributed by atoms with Crippen LogP contribution in [0.5, 0.6) is 5.88 Å². The largest absolute Gasteiger partial charge is 0.481 e. The van der Waals surface area contributed by atoms with Crippen molar-refractivity contribution in [3.05, 3.63) is 11.8 Å². The smallest absolute Gasteiger partial charge is 0.223 e. The summed E-state index contributed by atoms with van der Waals surface area (Å²) in [5, 5.41) is 7.03. The molecule has 6 heteroatoms. The molecule has 1 aromatic heterocycles. The molecule has 17 heavy (non-hydrogen) atoms. The lowest BCUT2D eigenvalue weighted by molar-refractivity contribution is -0.124. The van der Waals surface area contributed by atoms with E-state index in [1.807, 2.05) is 6.92 Å². The lowest BCUT2D eigenvalue weighted by Crippen LogP contribution is -2.30. The van der Waals surface area contributed by atoms with E-state index in [2.05, 4.69) is 10.4 Å². The minimum absolute atomic E-state index is 0.0000647. The van der Waals surface area contributed by atoms with E-state index in [1.54, 1.807) is 24.9 Å². The van der Waals surface area contributed by atoms with Crippen molar-refractivity contribution >= 4 is 5.91 Å². The van der Waals surface area contributed by atoms with Crippen molar-refractivity contribution in [1.29, 1.82) is 0 Å². The Hall–Kier alpha value is -1.56. The lowest BCUT2D eigenvalue weighted by atomic mass is 10.1. The fourth-order valence-corrected chi connectivity index (χ4v) is 1.52. The van der Waals surface area contributed by atoms with E-state index >= 15 is 0 Å². The van der Waals surface area contributed by atoms with Gasteiger partial charge in [-0.25, -0.2) is 4.68 Å². The zero-order chi connectivity index (χ0) is 12.8. The van der Waals surface area contributed by atoms with Crippen molar-refractivity contribution in [1.82, 2.24) is 15.1 Å². The Kier molecular flexibility index (Phi) is 4.96. The van der Waals surface area contributed by atoms with Gasteiger partial charge in [-0.15, -0.1) is 0 Å². The molecular weight excluding hydrogens is 220 g/mol. The summed E-state index contributed by atoms with van der Waals surface area (Å²) in [5.74, 6) is 0.606. The van der Waals surface area contributed by atoms with E-state index in [4.69, 9.17) is 10.5 Å². The van der Waals surface area contributed by atoms with Crippen molar-refractivity contribution in [3.63, 3.8) is 0 Å². The Bertz CT molecular complexity index is 376. The summed E-state index contributed by atoms with van der Waals surface area (Å²) in [6.45, 7) is 2.79. The zero-order valence-electron chi connectivity index (χ0n) is 10.6. The maximum Gasteiger partial charge on any atom is 0.223 e. The van der Waals surface area contributed by atoms with E-state index in [9.17, 15) is 4.79 Å². The third-order valence-corrected chi connectivity index (χ3v) is 2.59. The van der Waals surface area contributed by atoms with E-state index in [1.165, 1.54) is 0 Å². The van der Waals surface area contributed by atoms with Crippen LogP contribution in [0.1, 0.15) is 19.0 Å². The predicted molar refractivity (Wildman–Crippen MR) is 64.4 cm³/mol. The van der Waals surface area contributed by atoms with Gasteiger partial charge in [0.25, 0.3) is 0 Å². The van der Waals surface area contributed by atoms with E-state index < -0.39 is 0 Å². The summed E-state index contributed by atoms with van der Waals surface area (Å²) in [6.07, 6.45) is 0.692. The van der Waals surface area contributed by atoms with Crippen LogP contribution >= 0.6 is 0 Å². The Morgan fingerprint density at radius 1 is 1.71 bits per heavy atom. The molecule has 0 aromatic carbocycles. The van der Waals surface area contributed by atoms with Crippen molar-refractivity contribution in [3.8, 4) is 5.88 Å². The molecule has 0 fully saturated rings. The number of carbonyl (C=O) groups is 1. The number of hydrogen-bond donors (Lipinski definition) is 2. The van der Waals surface area contributed by atoms with Gasteiger partial charge in [0.15, 0.2) is 0 Å². The molecule has 6 nitrogen and oxygen atoms in total. The highest BCUT2D eigenvalue weighted by Gasteiger charge is 2.12. The zero-order valence-corrected chi connectivity index (χ0v) is 10.6. The fraction of sp³-hybridized carbons (Fsp3) is 0.636. The first-order valence-electron chi connectivity index (χ1n) is 5.63. The summed E-state index contributed by atoms with van der Waals surface area (Å²) in [5.41, 5.74) is 6.18. The van der Waals surface area contributed by atoms with Crippen LogP contribution in [-0.2, 0) is 18.4 Å². The quantitative estimate of drug-likeness (QED) is 0.735. The maximum absolute atomic E-state index is 11.6. The van der Waals surface area contributed by atoms with Gasteiger partial charge in [0.2, 0.25) is 11.8 Å². The van der Waals surface area contributed by atoms with Gasteiger partial charge in [0, 0.05) is 19.0 Å². The van der Waals surface area contributed by atoms with Crippen LogP contribution in [0, 0.1) is 5.92 Å². The number of nitrogens with zero attached hydrogens (tertiary/aromatic N) is 2. The number of carbonyl (C=O) groups excluding carboxylic acids is 1. The molecule has 0 radical (unpaired) electrons. The molecule has 0 saturated carbocycles. The topological polar surface area (TPSA) is 82.2 Å². The van der Waals surface area contributed by atoms with Crippen molar-refractivity contribution in [2.45, 2.75) is 19.9 Å². The number of aromatic nitrogens is 2. The Morgan fingerprint density at radius 2 is 2.41 bits per heavy atom. The number of hydrogen-bond acceptors (Lipinski definition) is 4. The van der Waals surface area contributed by atoms with Crippen molar-refractivity contribution in [2.24, 2.45) is 18.7 Å². The highest BCUT2D eigenvalue weighted by molar-refractivity contribution is 5.78. The number of ether oxygens (including phenoxy) is 1. The van der Waals surface area contributed by atoms with Crippen LogP contribution < -0.4 is 15.8 Å². The van der Waals surface area contributed by atoms with Gasteiger partial charge >= 0.3 is 0 Å². The van der Waals surface area contributed by atoms with Gasteiger partial charge in [-0.05, 0) is 13.0 Å². The van der Waals surface area contributed by atoms with Crippen LogP contribution in [0.25, 0.3) is 0 Å². The van der Waals surface area contributed by atoms with E-state index in [-0.39, 0.29) is 11.8 Å². The average molecular weight is 240 g/mol. The molecule has 0 saturated heterocycles. The molecule has 1 atom stereocenters. The number of nitrogens with one attached hydrogen (secondary N) is 1. The normalized spacial score (nSPS) is 12.2. The second-order valence-corrected chi connectivity index (χ2v) is 4.00. The van der Waals surface area contributed by atoms with E-state index in [0.29, 0.717) is 25.4 Å². The first-order valence-corrected chi connectivity index (χ1v) is 5.63. The number of nitrogens with two attached hydrogens (primary N) is 1. The molecule has 3 N–H and O–H groups in total.